The van der Waals surface area contributed by atoms with Crippen molar-refractivity contribution in [2.45, 2.75) is 26.2 Å². The minimum Gasteiger partial charge on any atom is -0.337 e. The molecule has 3 aromatic rings. The molecule has 1 saturated heterocycles. The first-order chi connectivity index (χ1) is 14.4. The number of aryl methyl sites for hydroxylation is 2. The Hall–Kier alpha value is -2.84. The summed E-state index contributed by atoms with van der Waals surface area (Å²) in [7, 11) is 0. The van der Waals surface area contributed by atoms with Crippen LogP contribution in [0.5, 0.6) is 0 Å². The Bertz CT molecular complexity index is 1100. The molecule has 4 rings (SSSR count). The lowest BCUT2D eigenvalue weighted by Gasteiger charge is -2.16. The molecular weight excluding hydrogens is 422 g/mol. The predicted octanol–water partition coefficient (Wildman–Crippen LogP) is 4.09. The Kier molecular flexibility index (Phi) is 5.78. The van der Waals surface area contributed by atoms with Gasteiger partial charge in [-0.15, -0.1) is 11.3 Å². The van der Waals surface area contributed by atoms with Gasteiger partial charge in [0, 0.05) is 35.9 Å². The maximum atomic E-state index is 12.7. The molecule has 1 aliphatic rings. The van der Waals surface area contributed by atoms with E-state index in [-0.39, 0.29) is 17.7 Å². The molecule has 1 aliphatic heterocycles. The predicted molar refractivity (Wildman–Crippen MR) is 116 cm³/mol. The summed E-state index contributed by atoms with van der Waals surface area (Å²) in [6.45, 7) is 4.85. The van der Waals surface area contributed by atoms with Crippen LogP contribution in [0.2, 0.25) is 5.02 Å². The highest BCUT2D eigenvalue weighted by molar-refractivity contribution is 7.11. The zero-order valence-corrected chi connectivity index (χ0v) is 18.1. The molecule has 0 saturated carbocycles. The van der Waals surface area contributed by atoms with Gasteiger partial charge in [-0.2, -0.15) is 0 Å². The number of benzene rings is 1. The van der Waals surface area contributed by atoms with E-state index in [1.807, 2.05) is 11.8 Å². The van der Waals surface area contributed by atoms with Crippen molar-refractivity contribution in [1.82, 2.24) is 19.9 Å². The van der Waals surface area contributed by atoms with Gasteiger partial charge in [0.25, 0.3) is 11.8 Å². The molecular formula is C21H20ClN5O2S. The van der Waals surface area contributed by atoms with Gasteiger partial charge in [0.05, 0.1) is 22.5 Å². The first kappa shape index (κ1) is 20.4. The summed E-state index contributed by atoms with van der Waals surface area (Å²) in [4.78, 5) is 40.9. The largest absolute Gasteiger partial charge is 0.337 e. The topological polar surface area (TPSA) is 88.1 Å². The lowest BCUT2D eigenvalue weighted by molar-refractivity contribution is 0.0794. The molecule has 7 nitrogen and oxygen atoms in total. The van der Waals surface area contributed by atoms with Gasteiger partial charge in [-0.3, -0.25) is 9.59 Å². The molecule has 2 aromatic heterocycles. The van der Waals surface area contributed by atoms with Gasteiger partial charge in [-0.1, -0.05) is 11.6 Å². The number of halogens is 1. The standard InChI is InChI=1S/C21H20ClN5O2S/c1-12-17(20(28)26-16-5-3-15(22)4-6-16)9-23-19(25-12)14-7-8-27(10-14)21(29)18-13(2)24-11-30-18/h3-6,9,11,14H,7-8,10H2,1-2H3,(H,26,28)/t14-/m0/s1. The van der Waals surface area contributed by atoms with E-state index in [1.165, 1.54) is 11.3 Å². The Morgan fingerprint density at radius 3 is 2.60 bits per heavy atom. The second kappa shape index (κ2) is 8.49. The van der Waals surface area contributed by atoms with E-state index in [0.29, 0.717) is 45.8 Å². The number of hydrogen-bond acceptors (Lipinski definition) is 6. The number of hydrogen-bond donors (Lipinski definition) is 1. The molecule has 0 bridgehead atoms. The van der Waals surface area contributed by atoms with Gasteiger partial charge in [0.15, 0.2) is 0 Å². The van der Waals surface area contributed by atoms with Crippen molar-refractivity contribution < 1.29 is 9.59 Å². The summed E-state index contributed by atoms with van der Waals surface area (Å²) in [6.07, 6.45) is 2.35. The molecule has 154 valence electrons. The van der Waals surface area contributed by atoms with Crippen molar-refractivity contribution in [3.05, 3.63) is 68.6 Å². The first-order valence-electron chi connectivity index (χ1n) is 9.52. The molecule has 2 amide bonds. The van der Waals surface area contributed by atoms with Gasteiger partial charge in [0.1, 0.15) is 10.7 Å². The summed E-state index contributed by atoms with van der Waals surface area (Å²) in [5.74, 6) is 0.444. The minimum atomic E-state index is -0.273. The van der Waals surface area contributed by atoms with Crippen molar-refractivity contribution in [3.8, 4) is 0 Å². The summed E-state index contributed by atoms with van der Waals surface area (Å²) >= 11 is 7.24. The SMILES string of the molecule is Cc1nc([C@H]2CCN(C(=O)c3scnc3C)C2)ncc1C(=O)Nc1ccc(Cl)cc1. The van der Waals surface area contributed by atoms with E-state index in [1.54, 1.807) is 42.9 Å². The number of anilines is 1. The molecule has 0 radical (unpaired) electrons. The molecule has 0 unspecified atom stereocenters. The van der Waals surface area contributed by atoms with E-state index >= 15 is 0 Å². The molecule has 3 heterocycles. The third kappa shape index (κ3) is 4.20. The Balaban J connectivity index is 1.44. The summed E-state index contributed by atoms with van der Waals surface area (Å²) in [5.41, 5.74) is 4.12. The zero-order valence-electron chi connectivity index (χ0n) is 16.6. The summed E-state index contributed by atoms with van der Waals surface area (Å²) < 4.78 is 0. The summed E-state index contributed by atoms with van der Waals surface area (Å²) in [6, 6.07) is 6.90. The maximum absolute atomic E-state index is 12.7. The second-order valence-corrected chi connectivity index (χ2v) is 8.48. The number of nitrogens with zero attached hydrogens (tertiary/aromatic N) is 4. The smallest absolute Gasteiger partial charge is 0.265 e. The van der Waals surface area contributed by atoms with Crippen molar-refractivity contribution in [3.63, 3.8) is 0 Å². The monoisotopic (exact) mass is 441 g/mol. The molecule has 0 aliphatic carbocycles. The molecule has 1 atom stereocenters. The number of carbonyl (C=O) groups excluding carboxylic acids is 2. The molecule has 1 N–H and O–H groups in total. The molecule has 9 heteroatoms. The number of likely N-dealkylation sites (tertiary alicyclic amines) is 1. The van der Waals surface area contributed by atoms with Crippen LogP contribution in [-0.4, -0.2) is 44.8 Å². The third-order valence-electron chi connectivity index (χ3n) is 5.13. The minimum absolute atomic E-state index is 0.00758. The number of carbonyl (C=O) groups is 2. The van der Waals surface area contributed by atoms with Crippen LogP contribution in [-0.2, 0) is 0 Å². The van der Waals surface area contributed by atoms with Crippen LogP contribution >= 0.6 is 22.9 Å². The van der Waals surface area contributed by atoms with Crippen molar-refractivity contribution in [2.75, 3.05) is 18.4 Å². The fourth-order valence-electron chi connectivity index (χ4n) is 3.44. The van der Waals surface area contributed by atoms with Crippen LogP contribution in [0.4, 0.5) is 5.69 Å². The molecule has 1 fully saturated rings. The third-order valence-corrected chi connectivity index (χ3v) is 6.29. The number of thiazole rings is 1. The average molecular weight is 442 g/mol. The normalized spacial score (nSPS) is 16.0. The average Bonchev–Trinajstić information content (AvgIpc) is 3.38. The van der Waals surface area contributed by atoms with E-state index in [0.717, 1.165) is 12.1 Å². The van der Waals surface area contributed by atoms with E-state index < -0.39 is 0 Å². The van der Waals surface area contributed by atoms with Crippen molar-refractivity contribution in [2.24, 2.45) is 0 Å². The van der Waals surface area contributed by atoms with Crippen LogP contribution in [0.3, 0.4) is 0 Å². The highest BCUT2D eigenvalue weighted by Crippen LogP contribution is 2.28. The number of nitrogens with one attached hydrogen (secondary N) is 1. The first-order valence-corrected chi connectivity index (χ1v) is 10.8. The van der Waals surface area contributed by atoms with Crippen LogP contribution in [0.1, 0.15) is 49.6 Å². The van der Waals surface area contributed by atoms with Gasteiger partial charge < -0.3 is 10.2 Å². The van der Waals surface area contributed by atoms with Crippen LogP contribution in [0, 0.1) is 13.8 Å². The number of aromatic nitrogens is 3. The number of amides is 2. The fraction of sp³-hybridized carbons (Fsp3) is 0.286. The second-order valence-electron chi connectivity index (χ2n) is 7.19. The summed E-state index contributed by atoms with van der Waals surface area (Å²) in [5, 5.41) is 3.43. The highest BCUT2D eigenvalue weighted by Gasteiger charge is 2.31. The van der Waals surface area contributed by atoms with Gasteiger partial charge in [-0.25, -0.2) is 15.0 Å². The molecule has 0 spiro atoms. The van der Waals surface area contributed by atoms with Crippen molar-refractivity contribution >= 4 is 40.4 Å². The van der Waals surface area contributed by atoms with E-state index in [2.05, 4.69) is 20.3 Å². The lowest BCUT2D eigenvalue weighted by atomic mass is 10.1. The van der Waals surface area contributed by atoms with E-state index in [9.17, 15) is 9.59 Å². The Morgan fingerprint density at radius 2 is 1.93 bits per heavy atom. The lowest BCUT2D eigenvalue weighted by Crippen LogP contribution is -2.28. The van der Waals surface area contributed by atoms with E-state index in [4.69, 9.17) is 11.6 Å². The van der Waals surface area contributed by atoms with Gasteiger partial charge in [0.2, 0.25) is 0 Å². The van der Waals surface area contributed by atoms with Crippen LogP contribution in [0.15, 0.2) is 36.0 Å². The fourth-order valence-corrected chi connectivity index (χ4v) is 4.34. The number of rotatable bonds is 4. The maximum Gasteiger partial charge on any atom is 0.265 e. The molecule has 1 aromatic carbocycles. The van der Waals surface area contributed by atoms with Crippen LogP contribution in [0.25, 0.3) is 0 Å². The highest BCUT2D eigenvalue weighted by atomic mass is 35.5. The Morgan fingerprint density at radius 1 is 1.17 bits per heavy atom. The molecule has 30 heavy (non-hydrogen) atoms. The van der Waals surface area contributed by atoms with Gasteiger partial charge in [-0.05, 0) is 44.5 Å². The van der Waals surface area contributed by atoms with Crippen molar-refractivity contribution in [1.29, 1.82) is 0 Å². The zero-order chi connectivity index (χ0) is 21.3. The Labute approximate surface area is 183 Å². The van der Waals surface area contributed by atoms with Crippen LogP contribution < -0.4 is 5.32 Å². The van der Waals surface area contributed by atoms with Gasteiger partial charge >= 0.3 is 0 Å². The quantitative estimate of drug-likeness (QED) is 0.658.